The lowest BCUT2D eigenvalue weighted by molar-refractivity contribution is -0.143. The van der Waals surface area contributed by atoms with Crippen molar-refractivity contribution in [1.82, 2.24) is 5.32 Å². The van der Waals surface area contributed by atoms with E-state index >= 15 is 0 Å². The summed E-state index contributed by atoms with van der Waals surface area (Å²) < 4.78 is 0. The van der Waals surface area contributed by atoms with Gasteiger partial charge in [0.15, 0.2) is 0 Å². The molecule has 5 nitrogen and oxygen atoms in total. The molecule has 3 rings (SSSR count). The van der Waals surface area contributed by atoms with Gasteiger partial charge in [0.1, 0.15) is 11.3 Å². The first-order valence-electron chi connectivity index (χ1n) is 6.92. The Bertz CT molecular complexity index is 584. The molecule has 1 heterocycles. The number of nitrogens with one attached hydrogen (secondary N) is 1. The number of anilines is 1. The third-order valence-electron chi connectivity index (χ3n) is 4.18. The third kappa shape index (κ3) is 1.99. The highest BCUT2D eigenvalue weighted by Gasteiger charge is 2.49. The van der Waals surface area contributed by atoms with E-state index in [1.54, 1.807) is 24.3 Å². The number of nitrogens with two attached hydrogens (primary N) is 1. The maximum atomic E-state index is 12.4. The van der Waals surface area contributed by atoms with Crippen LogP contribution < -0.4 is 11.1 Å². The molecule has 3 N–H and O–H groups in total. The van der Waals surface area contributed by atoms with Crippen molar-refractivity contribution >= 4 is 23.3 Å². The summed E-state index contributed by atoms with van der Waals surface area (Å²) in [5.41, 5.74) is 6.04. The fraction of sp³-hybridized carbons (Fsp3) is 0.400. The highest BCUT2D eigenvalue weighted by molar-refractivity contribution is 6.23. The van der Waals surface area contributed by atoms with Gasteiger partial charge in [0.2, 0.25) is 5.91 Å². The summed E-state index contributed by atoms with van der Waals surface area (Å²) in [5, 5.41) is 2.79. The van der Waals surface area contributed by atoms with Crippen LogP contribution in [0.4, 0.5) is 5.69 Å². The number of hydrogen-bond donors (Lipinski definition) is 2. The van der Waals surface area contributed by atoms with Gasteiger partial charge in [0.25, 0.3) is 5.91 Å². The van der Waals surface area contributed by atoms with Crippen LogP contribution in [0, 0.1) is 5.41 Å². The molecule has 0 aromatic heterocycles. The number of carbonyl (C=O) groups excluding carboxylic acids is 2. The molecule has 1 spiro atoms. The highest BCUT2D eigenvalue weighted by Crippen LogP contribution is 2.39. The smallest absolute Gasteiger partial charge is 0.263 e. The van der Waals surface area contributed by atoms with Crippen LogP contribution in [0.1, 0.15) is 37.7 Å². The van der Waals surface area contributed by atoms with Crippen molar-refractivity contribution in [1.29, 1.82) is 0 Å². The van der Waals surface area contributed by atoms with E-state index in [-0.39, 0.29) is 11.8 Å². The molecule has 0 bridgehead atoms. The van der Waals surface area contributed by atoms with E-state index < -0.39 is 5.41 Å². The molecule has 0 saturated heterocycles. The van der Waals surface area contributed by atoms with Crippen molar-refractivity contribution in [2.24, 2.45) is 10.4 Å². The molecular formula is C15H17N3O2. The zero-order valence-corrected chi connectivity index (χ0v) is 11.2. The Balaban J connectivity index is 1.93. The maximum Gasteiger partial charge on any atom is 0.263 e. The number of aliphatic imine (C=N–C) groups is 1. The zero-order valence-electron chi connectivity index (χ0n) is 11.2. The van der Waals surface area contributed by atoms with Crippen molar-refractivity contribution in [3.8, 4) is 0 Å². The molecule has 2 aliphatic rings. The molecule has 1 fully saturated rings. The van der Waals surface area contributed by atoms with Crippen LogP contribution in [0.25, 0.3) is 0 Å². The first-order valence-corrected chi connectivity index (χ1v) is 6.92. The largest absolute Gasteiger partial charge is 0.399 e. The number of hydrogen-bond acceptors (Lipinski definition) is 3. The average Bonchev–Trinajstić information content (AvgIpc) is 2.46. The van der Waals surface area contributed by atoms with Gasteiger partial charge in [0, 0.05) is 11.3 Å². The molecule has 1 saturated carbocycles. The standard InChI is InChI=1S/C15H17N3O2/c16-11-6-4-10(5-7-11)12-17-13(19)15(14(20)18-12)8-2-1-3-9-15/h4-7H,1-3,8-9,16H2,(H,17,18,19,20). The van der Waals surface area contributed by atoms with E-state index in [4.69, 9.17) is 5.73 Å². The number of amidine groups is 1. The minimum atomic E-state index is -0.921. The average molecular weight is 271 g/mol. The predicted molar refractivity (Wildman–Crippen MR) is 76.1 cm³/mol. The van der Waals surface area contributed by atoms with Crippen molar-refractivity contribution in [3.05, 3.63) is 29.8 Å². The van der Waals surface area contributed by atoms with Gasteiger partial charge in [-0.1, -0.05) is 19.3 Å². The summed E-state index contributed by atoms with van der Waals surface area (Å²) >= 11 is 0. The van der Waals surface area contributed by atoms with E-state index in [9.17, 15) is 9.59 Å². The van der Waals surface area contributed by atoms with Crippen LogP contribution in [0.2, 0.25) is 0 Å². The van der Waals surface area contributed by atoms with Crippen LogP contribution in [-0.2, 0) is 9.59 Å². The van der Waals surface area contributed by atoms with E-state index in [1.165, 1.54) is 0 Å². The number of benzene rings is 1. The van der Waals surface area contributed by atoms with Crippen LogP contribution in [0.3, 0.4) is 0 Å². The van der Waals surface area contributed by atoms with Crippen LogP contribution >= 0.6 is 0 Å². The minimum absolute atomic E-state index is 0.205. The molecule has 0 radical (unpaired) electrons. The summed E-state index contributed by atoms with van der Waals surface area (Å²) in [5.74, 6) is -0.173. The summed E-state index contributed by atoms with van der Waals surface area (Å²) in [6.45, 7) is 0. The van der Waals surface area contributed by atoms with Gasteiger partial charge in [-0.05, 0) is 37.1 Å². The highest BCUT2D eigenvalue weighted by atomic mass is 16.2. The van der Waals surface area contributed by atoms with Crippen LogP contribution in [0.15, 0.2) is 29.3 Å². The van der Waals surface area contributed by atoms with Crippen LogP contribution in [0.5, 0.6) is 0 Å². The quantitative estimate of drug-likeness (QED) is 0.601. The van der Waals surface area contributed by atoms with Gasteiger partial charge in [-0.25, -0.2) is 0 Å². The maximum absolute atomic E-state index is 12.4. The molecule has 1 aliphatic heterocycles. The van der Waals surface area contributed by atoms with Crippen molar-refractivity contribution in [3.63, 3.8) is 0 Å². The Labute approximate surface area is 117 Å². The minimum Gasteiger partial charge on any atom is -0.399 e. The Hall–Kier alpha value is -2.17. The predicted octanol–water partition coefficient (Wildman–Crippen LogP) is 1.62. The second-order valence-corrected chi connectivity index (χ2v) is 5.48. The summed E-state index contributed by atoms with van der Waals surface area (Å²) in [4.78, 5) is 28.9. The van der Waals surface area contributed by atoms with E-state index in [1.807, 2.05) is 0 Å². The third-order valence-corrected chi connectivity index (χ3v) is 4.18. The summed E-state index contributed by atoms with van der Waals surface area (Å²) in [7, 11) is 0. The number of rotatable bonds is 1. The lowest BCUT2D eigenvalue weighted by atomic mass is 9.72. The van der Waals surface area contributed by atoms with Gasteiger partial charge in [0.05, 0.1) is 0 Å². The molecule has 104 valence electrons. The van der Waals surface area contributed by atoms with Gasteiger partial charge < -0.3 is 11.1 Å². The van der Waals surface area contributed by atoms with Gasteiger partial charge in [-0.15, -0.1) is 0 Å². The molecule has 20 heavy (non-hydrogen) atoms. The van der Waals surface area contributed by atoms with E-state index in [0.29, 0.717) is 29.9 Å². The lowest BCUT2D eigenvalue weighted by Crippen LogP contribution is -2.53. The Morgan fingerprint density at radius 1 is 1.05 bits per heavy atom. The molecule has 1 aliphatic carbocycles. The summed E-state index contributed by atoms with van der Waals surface area (Å²) in [6.07, 6.45) is 4.11. The topological polar surface area (TPSA) is 84.5 Å². The second-order valence-electron chi connectivity index (χ2n) is 5.48. The molecule has 1 aromatic carbocycles. The second kappa shape index (κ2) is 4.74. The summed E-state index contributed by atoms with van der Waals surface area (Å²) in [6, 6.07) is 6.94. The molecule has 1 aromatic rings. The molecule has 0 atom stereocenters. The fourth-order valence-corrected chi connectivity index (χ4v) is 2.93. The van der Waals surface area contributed by atoms with E-state index in [0.717, 1.165) is 19.3 Å². The zero-order chi connectivity index (χ0) is 14.2. The lowest BCUT2D eigenvalue weighted by Gasteiger charge is -2.35. The van der Waals surface area contributed by atoms with Gasteiger partial charge >= 0.3 is 0 Å². The van der Waals surface area contributed by atoms with Gasteiger partial charge in [-0.2, -0.15) is 4.99 Å². The van der Waals surface area contributed by atoms with Crippen LogP contribution in [-0.4, -0.2) is 17.6 Å². The van der Waals surface area contributed by atoms with Crippen molar-refractivity contribution in [2.45, 2.75) is 32.1 Å². The van der Waals surface area contributed by atoms with Crippen molar-refractivity contribution in [2.75, 3.05) is 5.73 Å². The van der Waals surface area contributed by atoms with E-state index in [2.05, 4.69) is 10.3 Å². The fourth-order valence-electron chi connectivity index (χ4n) is 2.93. The molecule has 5 heteroatoms. The Morgan fingerprint density at radius 2 is 1.70 bits per heavy atom. The Morgan fingerprint density at radius 3 is 2.30 bits per heavy atom. The number of nitrogen functional groups attached to an aromatic ring is 1. The van der Waals surface area contributed by atoms with Crippen molar-refractivity contribution < 1.29 is 9.59 Å². The first kappa shape index (κ1) is 12.8. The first-order chi connectivity index (χ1) is 9.62. The molecule has 0 unspecified atom stereocenters. The SMILES string of the molecule is Nc1ccc(C2=NC(=O)C3(CCCCC3)C(=O)N2)cc1. The number of nitrogens with zero attached hydrogens (tertiary/aromatic N) is 1. The number of amides is 2. The number of carbonyl (C=O) groups is 2. The Kier molecular flexibility index (Phi) is 3.04. The molecule has 2 amide bonds. The monoisotopic (exact) mass is 271 g/mol. The normalized spacial score (nSPS) is 21.5. The van der Waals surface area contributed by atoms with Gasteiger partial charge in [-0.3, -0.25) is 9.59 Å². The molecular weight excluding hydrogens is 254 g/mol.